The Hall–Kier alpha value is -2.23. The molecule has 0 spiro atoms. The fourth-order valence-electron chi connectivity index (χ4n) is 2.81. The lowest BCUT2D eigenvalue weighted by molar-refractivity contribution is -0.115. The Morgan fingerprint density at radius 3 is 2.95 bits per heavy atom. The molecule has 1 aromatic carbocycles. The van der Waals surface area contributed by atoms with Crippen LogP contribution in [0.3, 0.4) is 0 Å². The van der Waals surface area contributed by atoms with Gasteiger partial charge < -0.3 is 5.32 Å². The van der Waals surface area contributed by atoms with Gasteiger partial charge in [-0.15, -0.1) is 0 Å². The molecule has 4 nitrogen and oxygen atoms in total. The van der Waals surface area contributed by atoms with Crippen LogP contribution in [0.4, 0.5) is 5.82 Å². The van der Waals surface area contributed by atoms with Crippen molar-refractivity contribution in [1.82, 2.24) is 9.97 Å². The maximum atomic E-state index is 12.3. The number of hydrogen-bond donors (Lipinski definition) is 1. The molecule has 1 amide bonds. The molecule has 1 aromatic heterocycles. The minimum Gasteiger partial charge on any atom is -0.310 e. The van der Waals surface area contributed by atoms with Gasteiger partial charge in [-0.1, -0.05) is 23.8 Å². The molecule has 0 bridgehead atoms. The minimum absolute atomic E-state index is 0.0171. The average molecular weight is 281 g/mol. The maximum Gasteiger partial charge on any atom is 0.229 e. The molecule has 21 heavy (non-hydrogen) atoms. The van der Waals surface area contributed by atoms with Crippen LogP contribution in [0, 0.1) is 13.8 Å². The molecular weight excluding hydrogens is 262 g/mol. The first-order valence-corrected chi connectivity index (χ1v) is 7.32. The molecular formula is C17H19N3O. The van der Waals surface area contributed by atoms with Crippen LogP contribution in [0.15, 0.2) is 24.5 Å². The fraction of sp³-hybridized carbons (Fsp3) is 0.353. The summed E-state index contributed by atoms with van der Waals surface area (Å²) in [5.41, 5.74) is 5.56. The maximum absolute atomic E-state index is 12.3. The van der Waals surface area contributed by atoms with E-state index in [9.17, 15) is 4.79 Å². The molecule has 1 heterocycles. The number of aromatic nitrogens is 2. The Bertz CT molecular complexity index is 694. The summed E-state index contributed by atoms with van der Waals surface area (Å²) >= 11 is 0. The standard InChI is InChI=1S/C17H19N3O/c1-11-6-7-12(2)13(8-11)9-16(21)20-17-14-4-3-5-15(14)18-10-19-17/h6-8,10H,3-5,9H2,1-2H3,(H,18,19,20,21). The summed E-state index contributed by atoms with van der Waals surface area (Å²) in [4.78, 5) is 20.8. The lowest BCUT2D eigenvalue weighted by Gasteiger charge is -2.10. The highest BCUT2D eigenvalue weighted by Gasteiger charge is 2.18. The highest BCUT2D eigenvalue weighted by Crippen LogP contribution is 2.25. The Labute approximate surface area is 124 Å². The molecule has 3 rings (SSSR count). The second-order valence-electron chi connectivity index (χ2n) is 5.66. The summed E-state index contributed by atoms with van der Waals surface area (Å²) in [5, 5.41) is 2.95. The van der Waals surface area contributed by atoms with Gasteiger partial charge >= 0.3 is 0 Å². The van der Waals surface area contributed by atoms with Crippen molar-refractivity contribution < 1.29 is 4.79 Å². The molecule has 0 radical (unpaired) electrons. The van der Waals surface area contributed by atoms with Crippen molar-refractivity contribution in [3.05, 3.63) is 52.5 Å². The van der Waals surface area contributed by atoms with Crippen LogP contribution in [-0.4, -0.2) is 15.9 Å². The van der Waals surface area contributed by atoms with Gasteiger partial charge in [0.2, 0.25) is 5.91 Å². The molecule has 0 aliphatic heterocycles. The molecule has 1 aliphatic rings. The number of anilines is 1. The van der Waals surface area contributed by atoms with Crippen LogP contribution in [0.2, 0.25) is 0 Å². The molecule has 0 unspecified atom stereocenters. The van der Waals surface area contributed by atoms with E-state index in [0.29, 0.717) is 12.2 Å². The van der Waals surface area contributed by atoms with E-state index in [2.05, 4.69) is 33.5 Å². The number of hydrogen-bond acceptors (Lipinski definition) is 3. The zero-order valence-electron chi connectivity index (χ0n) is 12.4. The molecule has 0 fully saturated rings. The Morgan fingerprint density at radius 1 is 1.24 bits per heavy atom. The molecule has 0 saturated carbocycles. The first-order valence-electron chi connectivity index (χ1n) is 7.32. The van der Waals surface area contributed by atoms with Crippen LogP contribution >= 0.6 is 0 Å². The monoisotopic (exact) mass is 281 g/mol. The zero-order chi connectivity index (χ0) is 14.8. The van der Waals surface area contributed by atoms with Crippen molar-refractivity contribution in [2.45, 2.75) is 39.5 Å². The molecule has 1 N–H and O–H groups in total. The number of benzene rings is 1. The van der Waals surface area contributed by atoms with E-state index < -0.39 is 0 Å². The van der Waals surface area contributed by atoms with E-state index in [4.69, 9.17) is 0 Å². The fourth-order valence-corrected chi connectivity index (χ4v) is 2.81. The minimum atomic E-state index is -0.0171. The summed E-state index contributed by atoms with van der Waals surface area (Å²) < 4.78 is 0. The molecule has 108 valence electrons. The molecule has 4 heteroatoms. The number of fused-ring (bicyclic) bond motifs is 1. The quantitative estimate of drug-likeness (QED) is 0.941. The van der Waals surface area contributed by atoms with Gasteiger partial charge in [-0.3, -0.25) is 4.79 Å². The average Bonchev–Trinajstić information content (AvgIpc) is 2.92. The van der Waals surface area contributed by atoms with Crippen LogP contribution < -0.4 is 5.32 Å². The number of nitrogens with zero attached hydrogens (tertiary/aromatic N) is 2. The number of amides is 1. The van der Waals surface area contributed by atoms with Crippen molar-refractivity contribution in [2.75, 3.05) is 5.32 Å². The third kappa shape index (κ3) is 2.94. The van der Waals surface area contributed by atoms with Crippen molar-refractivity contribution in [2.24, 2.45) is 0 Å². The van der Waals surface area contributed by atoms with E-state index in [1.807, 2.05) is 13.8 Å². The van der Waals surface area contributed by atoms with Crippen molar-refractivity contribution in [3.8, 4) is 0 Å². The Morgan fingerprint density at radius 2 is 2.10 bits per heavy atom. The van der Waals surface area contributed by atoms with Gasteiger partial charge in [0.15, 0.2) is 0 Å². The van der Waals surface area contributed by atoms with Gasteiger partial charge in [0.05, 0.1) is 6.42 Å². The normalized spacial score (nSPS) is 13.0. The lowest BCUT2D eigenvalue weighted by atomic mass is 10.0. The van der Waals surface area contributed by atoms with E-state index in [-0.39, 0.29) is 5.91 Å². The highest BCUT2D eigenvalue weighted by atomic mass is 16.1. The summed E-state index contributed by atoms with van der Waals surface area (Å²) in [6.07, 6.45) is 4.95. The molecule has 0 atom stereocenters. The third-order valence-electron chi connectivity index (χ3n) is 3.99. The van der Waals surface area contributed by atoms with Gasteiger partial charge in [0.25, 0.3) is 0 Å². The summed E-state index contributed by atoms with van der Waals surface area (Å²) in [5.74, 6) is 0.671. The smallest absolute Gasteiger partial charge is 0.229 e. The van der Waals surface area contributed by atoms with Crippen molar-refractivity contribution in [1.29, 1.82) is 0 Å². The Kier molecular flexibility index (Phi) is 3.69. The number of carbonyl (C=O) groups is 1. The second-order valence-corrected chi connectivity index (χ2v) is 5.66. The van der Waals surface area contributed by atoms with E-state index >= 15 is 0 Å². The summed E-state index contributed by atoms with van der Waals surface area (Å²) in [6.45, 7) is 4.07. The first-order chi connectivity index (χ1) is 10.1. The second kappa shape index (κ2) is 5.64. The third-order valence-corrected chi connectivity index (χ3v) is 3.99. The van der Waals surface area contributed by atoms with Crippen LogP contribution in [-0.2, 0) is 24.1 Å². The van der Waals surface area contributed by atoms with Crippen LogP contribution in [0.5, 0.6) is 0 Å². The molecule has 0 saturated heterocycles. The summed E-state index contributed by atoms with van der Waals surface area (Å²) in [7, 11) is 0. The van der Waals surface area contributed by atoms with Gasteiger partial charge in [0, 0.05) is 11.3 Å². The van der Waals surface area contributed by atoms with Crippen LogP contribution in [0.1, 0.15) is 34.4 Å². The van der Waals surface area contributed by atoms with Crippen molar-refractivity contribution in [3.63, 3.8) is 0 Å². The predicted octanol–water partition coefficient (Wildman–Crippen LogP) is 2.76. The van der Waals surface area contributed by atoms with E-state index in [1.54, 1.807) is 0 Å². The number of carbonyl (C=O) groups excluding carboxylic acids is 1. The number of rotatable bonds is 3. The van der Waals surface area contributed by atoms with Crippen molar-refractivity contribution >= 4 is 11.7 Å². The molecule has 2 aromatic rings. The molecule has 1 aliphatic carbocycles. The predicted molar refractivity (Wildman–Crippen MR) is 82.3 cm³/mol. The highest BCUT2D eigenvalue weighted by molar-refractivity contribution is 5.92. The van der Waals surface area contributed by atoms with Gasteiger partial charge in [-0.2, -0.15) is 0 Å². The zero-order valence-corrected chi connectivity index (χ0v) is 12.4. The van der Waals surface area contributed by atoms with Gasteiger partial charge in [-0.05, 0) is 44.2 Å². The first kappa shape index (κ1) is 13.7. The number of aryl methyl sites for hydroxylation is 3. The SMILES string of the molecule is Cc1ccc(C)c(CC(=O)Nc2ncnc3c2CCC3)c1. The van der Waals surface area contributed by atoms with Gasteiger partial charge in [0.1, 0.15) is 12.1 Å². The lowest BCUT2D eigenvalue weighted by Crippen LogP contribution is -2.17. The number of nitrogens with one attached hydrogen (secondary N) is 1. The van der Waals surface area contributed by atoms with E-state index in [0.717, 1.165) is 41.6 Å². The summed E-state index contributed by atoms with van der Waals surface area (Å²) in [6, 6.07) is 6.19. The van der Waals surface area contributed by atoms with E-state index in [1.165, 1.54) is 11.9 Å². The largest absolute Gasteiger partial charge is 0.310 e. The van der Waals surface area contributed by atoms with Gasteiger partial charge in [-0.25, -0.2) is 9.97 Å². The Balaban J connectivity index is 1.75. The topological polar surface area (TPSA) is 54.9 Å². The van der Waals surface area contributed by atoms with Crippen LogP contribution in [0.25, 0.3) is 0 Å².